The van der Waals surface area contributed by atoms with Crippen LogP contribution in [0, 0.1) is 6.92 Å². The van der Waals surface area contributed by atoms with E-state index in [4.69, 9.17) is 9.47 Å². The van der Waals surface area contributed by atoms with Crippen LogP contribution < -0.4 is 14.8 Å². The van der Waals surface area contributed by atoms with Crippen molar-refractivity contribution in [1.82, 2.24) is 5.32 Å². The number of amides is 1. The summed E-state index contributed by atoms with van der Waals surface area (Å²) in [6, 6.07) is 13.9. The molecule has 0 saturated heterocycles. The third-order valence-electron chi connectivity index (χ3n) is 5.02. The Kier molecular flexibility index (Phi) is 5.42. The van der Waals surface area contributed by atoms with E-state index in [1.807, 2.05) is 57.2 Å². The summed E-state index contributed by atoms with van der Waals surface area (Å²) in [6.07, 6.45) is 0.716. The lowest BCUT2D eigenvalue weighted by Crippen LogP contribution is -2.42. The van der Waals surface area contributed by atoms with Gasteiger partial charge >= 0.3 is 0 Å². The number of rotatable bonds is 4. The van der Waals surface area contributed by atoms with Gasteiger partial charge in [0.05, 0.1) is 6.04 Å². The monoisotopic (exact) mass is 381 g/mol. The molecule has 150 valence electrons. The van der Waals surface area contributed by atoms with E-state index in [2.05, 4.69) is 32.2 Å². The number of aryl methyl sites for hydroxylation is 1. The van der Waals surface area contributed by atoms with Crippen molar-refractivity contribution in [1.29, 1.82) is 0 Å². The van der Waals surface area contributed by atoms with Crippen molar-refractivity contribution in [3.63, 3.8) is 0 Å². The van der Waals surface area contributed by atoms with E-state index in [9.17, 15) is 4.79 Å². The Morgan fingerprint density at radius 2 is 1.93 bits per heavy atom. The standard InChI is InChI=1S/C24H31NO3/c1-16-11-12-17-19(14-24(5,6)28-21(17)13-16)25-22(26)15-27-20-10-8-7-9-18(20)23(2,3)4/h7-13,19H,14-15H2,1-6H3,(H,25,26)/t19-/m1/s1. The molecule has 2 aromatic rings. The van der Waals surface area contributed by atoms with Crippen LogP contribution in [0.3, 0.4) is 0 Å². The molecule has 0 aliphatic carbocycles. The van der Waals surface area contributed by atoms with Crippen LogP contribution in [0.5, 0.6) is 11.5 Å². The summed E-state index contributed by atoms with van der Waals surface area (Å²) < 4.78 is 12.0. The zero-order valence-corrected chi connectivity index (χ0v) is 17.8. The Labute approximate surface area is 168 Å². The van der Waals surface area contributed by atoms with Crippen molar-refractivity contribution in [2.75, 3.05) is 6.61 Å². The lowest BCUT2D eigenvalue weighted by atomic mass is 9.86. The van der Waals surface area contributed by atoms with Crippen molar-refractivity contribution < 1.29 is 14.3 Å². The Morgan fingerprint density at radius 3 is 2.64 bits per heavy atom. The number of benzene rings is 2. The highest BCUT2D eigenvalue weighted by Gasteiger charge is 2.34. The van der Waals surface area contributed by atoms with Crippen LogP contribution in [-0.4, -0.2) is 18.1 Å². The minimum absolute atomic E-state index is 0.00786. The van der Waals surface area contributed by atoms with E-state index < -0.39 is 0 Å². The summed E-state index contributed by atoms with van der Waals surface area (Å²) in [6.45, 7) is 12.5. The Hall–Kier alpha value is -2.49. The van der Waals surface area contributed by atoms with Crippen molar-refractivity contribution in [3.8, 4) is 11.5 Å². The highest BCUT2D eigenvalue weighted by atomic mass is 16.5. The van der Waals surface area contributed by atoms with Crippen LogP contribution in [0.15, 0.2) is 42.5 Å². The second-order valence-corrected chi connectivity index (χ2v) is 9.26. The molecule has 0 aromatic heterocycles. The van der Waals surface area contributed by atoms with Crippen molar-refractivity contribution in [2.45, 2.75) is 65.0 Å². The third kappa shape index (κ3) is 4.67. The first-order valence-electron chi connectivity index (χ1n) is 9.86. The van der Waals surface area contributed by atoms with E-state index in [-0.39, 0.29) is 29.6 Å². The molecule has 4 nitrogen and oxygen atoms in total. The van der Waals surface area contributed by atoms with Gasteiger partial charge in [0.25, 0.3) is 5.91 Å². The average molecular weight is 382 g/mol. The van der Waals surface area contributed by atoms with Gasteiger partial charge in [-0.05, 0) is 49.4 Å². The first kappa shape index (κ1) is 20.2. The molecule has 28 heavy (non-hydrogen) atoms. The van der Waals surface area contributed by atoms with Gasteiger partial charge in [0.15, 0.2) is 6.61 Å². The summed E-state index contributed by atoms with van der Waals surface area (Å²) in [5.74, 6) is 1.48. The highest BCUT2D eigenvalue weighted by molar-refractivity contribution is 5.78. The molecule has 0 unspecified atom stereocenters. The zero-order chi connectivity index (χ0) is 20.5. The first-order valence-corrected chi connectivity index (χ1v) is 9.86. The molecule has 1 aliphatic heterocycles. The largest absolute Gasteiger partial charge is 0.487 e. The molecule has 0 saturated carbocycles. The van der Waals surface area contributed by atoms with Gasteiger partial charge in [-0.15, -0.1) is 0 Å². The SMILES string of the molecule is Cc1ccc2c(c1)OC(C)(C)C[C@H]2NC(=O)COc1ccccc1C(C)(C)C. The summed E-state index contributed by atoms with van der Waals surface area (Å²) in [7, 11) is 0. The minimum Gasteiger partial charge on any atom is -0.487 e. The fraction of sp³-hybridized carbons (Fsp3) is 0.458. The molecular formula is C24H31NO3. The molecule has 0 radical (unpaired) electrons. The fourth-order valence-electron chi connectivity index (χ4n) is 3.68. The number of hydrogen-bond acceptors (Lipinski definition) is 3. The lowest BCUT2D eigenvalue weighted by molar-refractivity contribution is -0.124. The molecule has 0 fully saturated rings. The van der Waals surface area contributed by atoms with E-state index in [0.717, 1.165) is 28.2 Å². The van der Waals surface area contributed by atoms with Crippen LogP contribution in [-0.2, 0) is 10.2 Å². The van der Waals surface area contributed by atoms with Gasteiger partial charge in [-0.1, -0.05) is 51.1 Å². The molecule has 1 amide bonds. The smallest absolute Gasteiger partial charge is 0.258 e. The van der Waals surface area contributed by atoms with Crippen LogP contribution >= 0.6 is 0 Å². The fourth-order valence-corrected chi connectivity index (χ4v) is 3.68. The predicted molar refractivity (Wildman–Crippen MR) is 112 cm³/mol. The van der Waals surface area contributed by atoms with E-state index >= 15 is 0 Å². The third-order valence-corrected chi connectivity index (χ3v) is 5.02. The van der Waals surface area contributed by atoms with Crippen LogP contribution in [0.4, 0.5) is 0 Å². The summed E-state index contributed by atoms with van der Waals surface area (Å²) in [5.41, 5.74) is 2.88. The average Bonchev–Trinajstić information content (AvgIpc) is 2.58. The molecule has 1 atom stereocenters. The number of ether oxygens (including phenoxy) is 2. The number of hydrogen-bond donors (Lipinski definition) is 1. The maximum Gasteiger partial charge on any atom is 0.258 e. The van der Waals surface area contributed by atoms with Crippen LogP contribution in [0.1, 0.15) is 63.8 Å². The molecule has 3 rings (SSSR count). The minimum atomic E-state index is -0.335. The quantitative estimate of drug-likeness (QED) is 0.802. The molecule has 4 heteroatoms. The number of fused-ring (bicyclic) bond motifs is 1. The molecule has 0 spiro atoms. The van der Waals surface area contributed by atoms with Gasteiger partial charge in [-0.25, -0.2) is 0 Å². The van der Waals surface area contributed by atoms with E-state index in [1.54, 1.807) is 0 Å². The molecule has 0 bridgehead atoms. The topological polar surface area (TPSA) is 47.6 Å². The van der Waals surface area contributed by atoms with Crippen molar-refractivity contribution in [3.05, 3.63) is 59.2 Å². The normalized spacial score (nSPS) is 18.0. The molecule has 2 aromatic carbocycles. The van der Waals surface area contributed by atoms with Gasteiger partial charge in [-0.3, -0.25) is 4.79 Å². The maximum absolute atomic E-state index is 12.7. The van der Waals surface area contributed by atoms with Gasteiger partial charge in [0.2, 0.25) is 0 Å². The first-order chi connectivity index (χ1) is 13.0. The van der Waals surface area contributed by atoms with Gasteiger partial charge in [0, 0.05) is 12.0 Å². The second-order valence-electron chi connectivity index (χ2n) is 9.26. The van der Waals surface area contributed by atoms with Gasteiger partial charge in [0.1, 0.15) is 17.1 Å². The van der Waals surface area contributed by atoms with Crippen LogP contribution in [0.25, 0.3) is 0 Å². The van der Waals surface area contributed by atoms with Gasteiger partial charge in [-0.2, -0.15) is 0 Å². The van der Waals surface area contributed by atoms with Crippen molar-refractivity contribution >= 4 is 5.91 Å². The number of carbonyl (C=O) groups excluding carboxylic acids is 1. The van der Waals surface area contributed by atoms with Crippen LogP contribution in [0.2, 0.25) is 0 Å². The Morgan fingerprint density at radius 1 is 1.21 bits per heavy atom. The molecule has 1 aliphatic rings. The summed E-state index contributed by atoms with van der Waals surface area (Å²) in [5, 5.41) is 3.13. The summed E-state index contributed by atoms with van der Waals surface area (Å²) in [4.78, 5) is 12.7. The number of para-hydroxylation sites is 1. The van der Waals surface area contributed by atoms with Crippen molar-refractivity contribution in [2.24, 2.45) is 0 Å². The Balaban J connectivity index is 1.71. The number of nitrogens with one attached hydrogen (secondary N) is 1. The summed E-state index contributed by atoms with van der Waals surface area (Å²) >= 11 is 0. The van der Waals surface area contributed by atoms with E-state index in [1.165, 1.54) is 0 Å². The predicted octanol–water partition coefficient (Wildman–Crippen LogP) is 5.09. The Bertz CT molecular complexity index is 864. The highest BCUT2D eigenvalue weighted by Crippen LogP contribution is 2.40. The number of carbonyl (C=O) groups is 1. The molecule has 1 N–H and O–H groups in total. The maximum atomic E-state index is 12.7. The zero-order valence-electron chi connectivity index (χ0n) is 17.8. The van der Waals surface area contributed by atoms with E-state index in [0.29, 0.717) is 6.42 Å². The molecular weight excluding hydrogens is 350 g/mol. The molecule has 1 heterocycles. The lowest BCUT2D eigenvalue weighted by Gasteiger charge is -2.38. The second kappa shape index (κ2) is 7.50. The van der Waals surface area contributed by atoms with Gasteiger partial charge < -0.3 is 14.8 Å².